The summed E-state index contributed by atoms with van der Waals surface area (Å²) in [6.45, 7) is 2.59. The molecule has 1 amide bonds. The molecule has 1 aromatic rings. The number of amides is 1. The van der Waals surface area contributed by atoms with Gasteiger partial charge in [0.2, 0.25) is 0 Å². The maximum Gasteiger partial charge on any atom is 0.271 e. The van der Waals surface area contributed by atoms with Gasteiger partial charge in [0.15, 0.2) is 0 Å². The van der Waals surface area contributed by atoms with Crippen LogP contribution in [-0.4, -0.2) is 28.1 Å². The molecule has 0 aromatic carbocycles. The van der Waals surface area contributed by atoms with E-state index in [1.54, 1.807) is 4.68 Å². The standard InChI is InChI=1S/C14H22ClN3O/c1-11-8-12(17-18(11)2)13(19)16-10-14(9-15)6-4-3-5-7-14/h8H,3-7,9-10H2,1-2H3,(H,16,19). The molecule has 0 radical (unpaired) electrons. The van der Waals surface area contributed by atoms with Crippen LogP contribution in [0.2, 0.25) is 0 Å². The Bertz CT molecular complexity index is 430. The van der Waals surface area contributed by atoms with Crippen molar-refractivity contribution in [3.05, 3.63) is 17.5 Å². The van der Waals surface area contributed by atoms with Crippen LogP contribution in [0.3, 0.4) is 0 Å². The Kier molecular flexibility index (Phi) is 4.50. The summed E-state index contributed by atoms with van der Waals surface area (Å²) in [4.78, 5) is 12.1. The summed E-state index contributed by atoms with van der Waals surface area (Å²) >= 11 is 6.12. The van der Waals surface area contributed by atoms with Crippen molar-refractivity contribution in [2.24, 2.45) is 12.5 Å². The van der Waals surface area contributed by atoms with E-state index in [1.165, 1.54) is 19.3 Å². The van der Waals surface area contributed by atoms with Crippen LogP contribution in [0.5, 0.6) is 0 Å². The van der Waals surface area contributed by atoms with Crippen LogP contribution in [0.25, 0.3) is 0 Å². The quantitative estimate of drug-likeness (QED) is 0.864. The Morgan fingerprint density at radius 3 is 2.68 bits per heavy atom. The van der Waals surface area contributed by atoms with E-state index in [0.717, 1.165) is 18.5 Å². The minimum Gasteiger partial charge on any atom is -0.350 e. The first-order valence-electron chi connectivity index (χ1n) is 6.91. The molecule has 1 aliphatic carbocycles. The molecule has 0 aliphatic heterocycles. The maximum atomic E-state index is 12.1. The van der Waals surface area contributed by atoms with E-state index >= 15 is 0 Å². The fourth-order valence-corrected chi connectivity index (χ4v) is 3.05. The van der Waals surface area contributed by atoms with Crippen LogP contribution in [-0.2, 0) is 7.05 Å². The first-order chi connectivity index (χ1) is 9.06. The third kappa shape index (κ3) is 3.30. The van der Waals surface area contributed by atoms with Crippen molar-refractivity contribution in [2.75, 3.05) is 12.4 Å². The second kappa shape index (κ2) is 5.95. The lowest BCUT2D eigenvalue weighted by Gasteiger charge is -2.35. The van der Waals surface area contributed by atoms with Gasteiger partial charge in [-0.15, -0.1) is 11.6 Å². The highest BCUT2D eigenvalue weighted by atomic mass is 35.5. The van der Waals surface area contributed by atoms with E-state index in [4.69, 9.17) is 11.6 Å². The Balaban J connectivity index is 1.95. The van der Waals surface area contributed by atoms with Crippen LogP contribution < -0.4 is 5.32 Å². The number of rotatable bonds is 4. The second-order valence-corrected chi connectivity index (χ2v) is 5.94. The fourth-order valence-electron chi connectivity index (χ4n) is 2.69. The Morgan fingerprint density at radius 1 is 1.47 bits per heavy atom. The van der Waals surface area contributed by atoms with Gasteiger partial charge in [-0.2, -0.15) is 5.10 Å². The van der Waals surface area contributed by atoms with Gasteiger partial charge < -0.3 is 5.32 Å². The van der Waals surface area contributed by atoms with E-state index in [2.05, 4.69) is 10.4 Å². The number of alkyl halides is 1. The molecule has 0 atom stereocenters. The lowest BCUT2D eigenvalue weighted by atomic mass is 9.75. The van der Waals surface area contributed by atoms with Gasteiger partial charge in [-0.1, -0.05) is 19.3 Å². The fraction of sp³-hybridized carbons (Fsp3) is 0.714. The first kappa shape index (κ1) is 14.4. The summed E-state index contributed by atoms with van der Waals surface area (Å²) < 4.78 is 1.72. The van der Waals surface area contributed by atoms with Crippen molar-refractivity contribution in [1.29, 1.82) is 0 Å². The molecule has 1 fully saturated rings. The Hall–Kier alpha value is -1.03. The molecule has 1 aliphatic rings. The third-order valence-electron chi connectivity index (χ3n) is 4.17. The SMILES string of the molecule is Cc1cc(C(=O)NCC2(CCl)CCCCC2)nn1C. The minimum absolute atomic E-state index is 0.0826. The number of halogens is 1. The minimum atomic E-state index is -0.0984. The average Bonchev–Trinajstić information content (AvgIpc) is 2.77. The average molecular weight is 284 g/mol. The summed E-state index contributed by atoms with van der Waals surface area (Å²) in [6, 6.07) is 1.81. The van der Waals surface area contributed by atoms with Crippen LogP contribution >= 0.6 is 11.6 Å². The number of nitrogens with zero attached hydrogens (tertiary/aromatic N) is 2. The largest absolute Gasteiger partial charge is 0.350 e. The van der Waals surface area contributed by atoms with Crippen LogP contribution in [0.1, 0.15) is 48.3 Å². The number of aromatic nitrogens is 2. The molecule has 0 bridgehead atoms. The molecule has 1 heterocycles. The zero-order valence-electron chi connectivity index (χ0n) is 11.7. The summed E-state index contributed by atoms with van der Waals surface area (Å²) in [5.41, 5.74) is 1.55. The molecule has 1 saturated carbocycles. The first-order valence-corrected chi connectivity index (χ1v) is 7.45. The normalized spacial score (nSPS) is 18.3. The predicted octanol–water partition coefficient (Wildman–Crippen LogP) is 2.65. The van der Waals surface area contributed by atoms with Crippen molar-refractivity contribution < 1.29 is 4.79 Å². The Morgan fingerprint density at radius 2 is 2.16 bits per heavy atom. The number of carbonyl (C=O) groups is 1. The number of aryl methyl sites for hydroxylation is 2. The summed E-state index contributed by atoms with van der Waals surface area (Å²) in [5, 5.41) is 7.20. The van der Waals surface area contributed by atoms with Crippen molar-refractivity contribution in [2.45, 2.75) is 39.0 Å². The van der Waals surface area contributed by atoms with E-state index in [-0.39, 0.29) is 11.3 Å². The molecule has 1 N–H and O–H groups in total. The van der Waals surface area contributed by atoms with E-state index in [9.17, 15) is 4.79 Å². The van der Waals surface area contributed by atoms with Gasteiger partial charge in [0, 0.05) is 30.6 Å². The highest BCUT2D eigenvalue weighted by Gasteiger charge is 2.31. The van der Waals surface area contributed by atoms with Crippen LogP contribution in [0.4, 0.5) is 0 Å². The van der Waals surface area contributed by atoms with E-state index < -0.39 is 0 Å². The topological polar surface area (TPSA) is 46.9 Å². The zero-order chi connectivity index (χ0) is 13.9. The van der Waals surface area contributed by atoms with Gasteiger partial charge in [0.05, 0.1) is 0 Å². The molecule has 0 unspecified atom stereocenters. The monoisotopic (exact) mass is 283 g/mol. The smallest absolute Gasteiger partial charge is 0.271 e. The molecule has 0 saturated heterocycles. The van der Waals surface area contributed by atoms with E-state index in [0.29, 0.717) is 18.1 Å². The molecule has 5 heteroatoms. The predicted molar refractivity (Wildman–Crippen MR) is 76.5 cm³/mol. The second-order valence-electron chi connectivity index (χ2n) is 5.67. The molecule has 0 spiro atoms. The van der Waals surface area contributed by atoms with Crippen molar-refractivity contribution in [1.82, 2.24) is 15.1 Å². The lowest BCUT2D eigenvalue weighted by Crippen LogP contribution is -2.40. The molecule has 2 rings (SSSR count). The highest BCUT2D eigenvalue weighted by molar-refractivity contribution is 6.18. The zero-order valence-corrected chi connectivity index (χ0v) is 12.5. The number of hydrogen-bond donors (Lipinski definition) is 1. The van der Waals surface area contributed by atoms with Gasteiger partial charge in [0.1, 0.15) is 5.69 Å². The van der Waals surface area contributed by atoms with Gasteiger partial charge in [-0.05, 0) is 25.8 Å². The summed E-state index contributed by atoms with van der Waals surface area (Å²) in [6.07, 6.45) is 5.93. The molecule has 4 nitrogen and oxygen atoms in total. The van der Waals surface area contributed by atoms with Crippen LogP contribution in [0.15, 0.2) is 6.07 Å². The molecule has 1 aromatic heterocycles. The summed E-state index contributed by atoms with van der Waals surface area (Å²) in [5.74, 6) is 0.521. The van der Waals surface area contributed by atoms with Gasteiger partial charge in [-0.3, -0.25) is 9.48 Å². The number of carbonyl (C=O) groups excluding carboxylic acids is 1. The number of hydrogen-bond acceptors (Lipinski definition) is 2. The molecular weight excluding hydrogens is 262 g/mol. The van der Waals surface area contributed by atoms with E-state index in [1.807, 2.05) is 20.0 Å². The third-order valence-corrected chi connectivity index (χ3v) is 4.74. The van der Waals surface area contributed by atoms with Crippen LogP contribution in [0, 0.1) is 12.3 Å². The summed E-state index contributed by atoms with van der Waals surface area (Å²) in [7, 11) is 1.84. The van der Waals surface area contributed by atoms with Gasteiger partial charge in [0.25, 0.3) is 5.91 Å². The molecular formula is C14H22ClN3O. The van der Waals surface area contributed by atoms with Crippen molar-refractivity contribution >= 4 is 17.5 Å². The van der Waals surface area contributed by atoms with Crippen molar-refractivity contribution in [3.63, 3.8) is 0 Å². The molecule has 19 heavy (non-hydrogen) atoms. The van der Waals surface area contributed by atoms with Crippen molar-refractivity contribution in [3.8, 4) is 0 Å². The Labute approximate surface area is 119 Å². The highest BCUT2D eigenvalue weighted by Crippen LogP contribution is 2.36. The van der Waals surface area contributed by atoms with Gasteiger partial charge >= 0.3 is 0 Å². The maximum absolute atomic E-state index is 12.1. The lowest BCUT2D eigenvalue weighted by molar-refractivity contribution is 0.0915. The molecule has 106 valence electrons. The number of nitrogens with one attached hydrogen (secondary N) is 1. The van der Waals surface area contributed by atoms with Gasteiger partial charge in [-0.25, -0.2) is 0 Å².